The van der Waals surface area contributed by atoms with Gasteiger partial charge in [0.25, 0.3) is 0 Å². The van der Waals surface area contributed by atoms with E-state index in [4.69, 9.17) is 48.7 Å². The highest BCUT2D eigenvalue weighted by Crippen LogP contribution is 2.29. The summed E-state index contributed by atoms with van der Waals surface area (Å²) in [5, 5.41) is 2.76. The van der Waals surface area contributed by atoms with Crippen LogP contribution in [0.15, 0.2) is 45.6 Å². The second kappa shape index (κ2) is 8.98. The summed E-state index contributed by atoms with van der Waals surface area (Å²) in [5.74, 6) is 1.24. The van der Waals surface area contributed by atoms with Crippen LogP contribution in [0.2, 0.25) is 15.1 Å². The lowest BCUT2D eigenvalue weighted by Crippen LogP contribution is -2.04. The number of halogens is 3. The molecule has 1 heterocycles. The minimum absolute atomic E-state index is 0.288. The minimum atomic E-state index is -0.373. The van der Waals surface area contributed by atoms with Crippen molar-refractivity contribution in [1.82, 2.24) is 0 Å². The first-order chi connectivity index (χ1) is 13.0. The van der Waals surface area contributed by atoms with E-state index in [1.807, 2.05) is 18.2 Å². The molecular formula is C20H17Cl3O4. The maximum atomic E-state index is 12.2. The second-order valence-electron chi connectivity index (χ2n) is 5.96. The van der Waals surface area contributed by atoms with Gasteiger partial charge in [-0.25, -0.2) is 4.79 Å². The van der Waals surface area contributed by atoms with Crippen LogP contribution in [-0.2, 0) is 17.8 Å². The zero-order valence-electron chi connectivity index (χ0n) is 14.6. The van der Waals surface area contributed by atoms with Crippen molar-refractivity contribution in [2.24, 2.45) is 0 Å². The third kappa shape index (κ3) is 4.96. The van der Waals surface area contributed by atoms with Gasteiger partial charge in [0.15, 0.2) is 0 Å². The van der Waals surface area contributed by atoms with Crippen LogP contribution in [0.25, 0.3) is 10.8 Å². The number of fused-ring (bicyclic) bond motifs is 1. The largest absolute Gasteiger partial charge is 0.497 e. The van der Waals surface area contributed by atoms with Crippen molar-refractivity contribution < 1.29 is 13.9 Å². The lowest BCUT2D eigenvalue weighted by atomic mass is 10.1. The predicted octanol–water partition coefficient (Wildman–Crippen LogP) is 5.91. The molecule has 0 radical (unpaired) electrons. The predicted molar refractivity (Wildman–Crippen MR) is 108 cm³/mol. The molecule has 0 bridgehead atoms. The summed E-state index contributed by atoms with van der Waals surface area (Å²) >= 11 is 18.2. The molecule has 0 spiro atoms. The lowest BCUT2D eigenvalue weighted by Gasteiger charge is -2.09. The molecule has 4 nitrogen and oxygen atoms in total. The molecule has 3 aromatic rings. The Bertz CT molecular complexity index is 991. The Balaban J connectivity index is 1.57. The molecule has 0 unspecified atom stereocenters. The molecule has 2 aromatic carbocycles. The maximum absolute atomic E-state index is 12.2. The molecule has 0 aliphatic carbocycles. The standard InChI is InChI=1S/C20H17Cl3O4/c1-25-14-5-4-12-7-15(27-20(24)16(12)10-14)3-2-6-26-11-17-18(22)8-13(21)9-19(17)23/h4-5,7-10H,2-3,6,11H2,1H3. The number of rotatable bonds is 7. The van der Waals surface area contributed by atoms with Crippen molar-refractivity contribution in [3.8, 4) is 5.75 Å². The molecule has 7 heteroatoms. The molecular weight excluding hydrogens is 411 g/mol. The number of hydrogen-bond donors (Lipinski definition) is 0. The fourth-order valence-corrected chi connectivity index (χ4v) is 3.62. The lowest BCUT2D eigenvalue weighted by molar-refractivity contribution is 0.117. The fourth-order valence-electron chi connectivity index (χ4n) is 2.70. The summed E-state index contributed by atoms with van der Waals surface area (Å²) < 4.78 is 16.2. The molecule has 27 heavy (non-hydrogen) atoms. The molecule has 0 aliphatic heterocycles. The average molecular weight is 428 g/mol. The number of benzene rings is 2. The van der Waals surface area contributed by atoms with E-state index in [9.17, 15) is 4.79 Å². The molecule has 0 amide bonds. The Kier molecular flexibility index (Phi) is 6.66. The summed E-state index contributed by atoms with van der Waals surface area (Å²) in [5.41, 5.74) is 0.330. The van der Waals surface area contributed by atoms with E-state index in [1.54, 1.807) is 25.3 Å². The highest BCUT2D eigenvalue weighted by molar-refractivity contribution is 6.39. The third-order valence-electron chi connectivity index (χ3n) is 4.08. The van der Waals surface area contributed by atoms with Gasteiger partial charge in [0.1, 0.15) is 11.5 Å². The van der Waals surface area contributed by atoms with E-state index in [2.05, 4.69) is 0 Å². The monoisotopic (exact) mass is 426 g/mol. The molecule has 0 saturated carbocycles. The van der Waals surface area contributed by atoms with Crippen LogP contribution < -0.4 is 10.4 Å². The number of hydrogen-bond acceptors (Lipinski definition) is 4. The summed E-state index contributed by atoms with van der Waals surface area (Å²) in [4.78, 5) is 12.2. The summed E-state index contributed by atoms with van der Waals surface area (Å²) in [6, 6.07) is 10.5. The van der Waals surface area contributed by atoms with Crippen LogP contribution in [0, 0.1) is 0 Å². The van der Waals surface area contributed by atoms with Gasteiger partial charge in [0, 0.05) is 33.7 Å². The zero-order chi connectivity index (χ0) is 19.4. The van der Waals surface area contributed by atoms with Crippen molar-refractivity contribution in [2.45, 2.75) is 19.4 Å². The molecule has 0 N–H and O–H groups in total. The van der Waals surface area contributed by atoms with Gasteiger partial charge in [-0.2, -0.15) is 0 Å². The Morgan fingerprint density at radius 3 is 2.48 bits per heavy atom. The molecule has 0 aliphatic rings. The molecule has 3 rings (SSSR count). The van der Waals surface area contributed by atoms with Gasteiger partial charge in [-0.1, -0.05) is 40.9 Å². The SMILES string of the molecule is COc1ccc2cc(CCCOCc3c(Cl)cc(Cl)cc3Cl)oc(=O)c2c1. The van der Waals surface area contributed by atoms with E-state index in [1.165, 1.54) is 0 Å². The van der Waals surface area contributed by atoms with Gasteiger partial charge in [0.05, 0.1) is 19.1 Å². The van der Waals surface area contributed by atoms with Crippen molar-refractivity contribution in [2.75, 3.05) is 13.7 Å². The Morgan fingerprint density at radius 2 is 1.78 bits per heavy atom. The molecule has 142 valence electrons. The fraction of sp³-hybridized carbons (Fsp3) is 0.250. The number of ether oxygens (including phenoxy) is 2. The van der Waals surface area contributed by atoms with Crippen LogP contribution in [0.4, 0.5) is 0 Å². The second-order valence-corrected chi connectivity index (χ2v) is 7.21. The van der Waals surface area contributed by atoms with Gasteiger partial charge in [-0.05, 0) is 42.1 Å². The van der Waals surface area contributed by atoms with Gasteiger partial charge in [0.2, 0.25) is 0 Å². The maximum Gasteiger partial charge on any atom is 0.343 e. The van der Waals surface area contributed by atoms with E-state index in [0.29, 0.717) is 57.0 Å². The Hall–Kier alpha value is -1.72. The zero-order valence-corrected chi connectivity index (χ0v) is 16.8. The first-order valence-corrected chi connectivity index (χ1v) is 9.43. The molecule has 1 aromatic heterocycles. The van der Waals surface area contributed by atoms with Gasteiger partial charge >= 0.3 is 5.63 Å². The first kappa shape index (κ1) is 20.0. The minimum Gasteiger partial charge on any atom is -0.497 e. The van der Waals surface area contributed by atoms with E-state index in [-0.39, 0.29) is 12.2 Å². The van der Waals surface area contributed by atoms with Crippen LogP contribution in [0.5, 0.6) is 5.75 Å². The van der Waals surface area contributed by atoms with Crippen LogP contribution >= 0.6 is 34.8 Å². The van der Waals surface area contributed by atoms with Crippen molar-refractivity contribution in [1.29, 1.82) is 0 Å². The topological polar surface area (TPSA) is 48.7 Å². The van der Waals surface area contributed by atoms with Crippen molar-refractivity contribution >= 4 is 45.6 Å². The Labute approximate surface area is 171 Å². The van der Waals surface area contributed by atoms with Crippen molar-refractivity contribution in [3.05, 3.63) is 73.2 Å². The molecule has 0 atom stereocenters. The van der Waals surface area contributed by atoms with E-state index in [0.717, 1.165) is 5.39 Å². The van der Waals surface area contributed by atoms with E-state index < -0.39 is 0 Å². The van der Waals surface area contributed by atoms with Crippen LogP contribution in [0.1, 0.15) is 17.7 Å². The van der Waals surface area contributed by atoms with Crippen LogP contribution in [-0.4, -0.2) is 13.7 Å². The smallest absolute Gasteiger partial charge is 0.343 e. The quantitative estimate of drug-likeness (QED) is 0.440. The first-order valence-electron chi connectivity index (χ1n) is 8.30. The third-order valence-corrected chi connectivity index (χ3v) is 4.98. The molecule has 0 fully saturated rings. The van der Waals surface area contributed by atoms with Gasteiger partial charge < -0.3 is 13.9 Å². The van der Waals surface area contributed by atoms with Gasteiger partial charge in [-0.15, -0.1) is 0 Å². The number of aryl methyl sites for hydroxylation is 1. The van der Waals surface area contributed by atoms with Crippen molar-refractivity contribution in [3.63, 3.8) is 0 Å². The summed E-state index contributed by atoms with van der Waals surface area (Å²) in [7, 11) is 1.56. The normalized spacial score (nSPS) is 11.1. The highest BCUT2D eigenvalue weighted by Gasteiger charge is 2.09. The molecule has 0 saturated heterocycles. The van der Waals surface area contributed by atoms with Gasteiger partial charge in [-0.3, -0.25) is 0 Å². The van der Waals surface area contributed by atoms with Crippen LogP contribution in [0.3, 0.4) is 0 Å². The highest BCUT2D eigenvalue weighted by atomic mass is 35.5. The summed E-state index contributed by atoms with van der Waals surface area (Å²) in [6.07, 6.45) is 1.27. The summed E-state index contributed by atoms with van der Waals surface area (Å²) in [6.45, 7) is 0.760. The van der Waals surface area contributed by atoms with E-state index >= 15 is 0 Å². The Morgan fingerprint density at radius 1 is 1.04 bits per heavy atom. The average Bonchev–Trinajstić information content (AvgIpc) is 2.63. The number of methoxy groups -OCH3 is 1.